The summed E-state index contributed by atoms with van der Waals surface area (Å²) in [5, 5.41) is 0. The molecule has 0 spiro atoms. The van der Waals surface area contributed by atoms with Gasteiger partial charge in [0, 0.05) is 30.5 Å². The van der Waals surface area contributed by atoms with E-state index in [1.807, 2.05) is 36.4 Å². The number of hydrogen-bond acceptors (Lipinski definition) is 5. The van der Waals surface area contributed by atoms with E-state index in [4.69, 9.17) is 9.15 Å². The summed E-state index contributed by atoms with van der Waals surface area (Å²) in [4.78, 5) is 3.46. The Hall–Kier alpha value is -2.66. The number of nitrogens with zero attached hydrogens (tertiary/aromatic N) is 2. The Balaban J connectivity index is 1.42. The molecule has 3 heterocycles. The summed E-state index contributed by atoms with van der Waals surface area (Å²) >= 11 is 1.54. The number of fused-ring (bicyclic) bond motifs is 3. The zero-order valence-electron chi connectivity index (χ0n) is 13.5. The second-order valence-electron chi connectivity index (χ2n) is 6.13. The lowest BCUT2D eigenvalue weighted by atomic mass is 10.1. The minimum atomic E-state index is 0.810. The molecule has 0 saturated carbocycles. The van der Waals surface area contributed by atoms with Crippen LogP contribution < -0.4 is 9.64 Å². The minimum absolute atomic E-state index is 0.810. The number of ether oxygens (including phenoxy) is 1. The fourth-order valence-electron chi connectivity index (χ4n) is 3.27. The third-order valence-corrected chi connectivity index (χ3v) is 5.32. The summed E-state index contributed by atoms with van der Waals surface area (Å²) in [6.45, 7) is 1.05. The zero-order valence-corrected chi connectivity index (χ0v) is 14.3. The Morgan fingerprint density at radius 2 is 2.00 bits per heavy atom. The molecule has 124 valence electrons. The molecule has 0 aliphatic carbocycles. The topological polar surface area (TPSA) is 38.0 Å². The van der Waals surface area contributed by atoms with Crippen LogP contribution in [0.2, 0.25) is 0 Å². The first-order valence-electron chi connectivity index (χ1n) is 8.33. The number of hydrogen-bond donors (Lipinski definition) is 0. The Morgan fingerprint density at radius 3 is 2.92 bits per heavy atom. The van der Waals surface area contributed by atoms with Gasteiger partial charge in [0.15, 0.2) is 0 Å². The predicted octanol–water partition coefficient (Wildman–Crippen LogP) is 5.76. The lowest BCUT2D eigenvalue weighted by Crippen LogP contribution is -2.26. The summed E-state index contributed by atoms with van der Waals surface area (Å²) in [5.41, 5.74) is 3.36. The first-order chi connectivity index (χ1) is 12.4. The maximum atomic E-state index is 6.08. The van der Waals surface area contributed by atoms with Gasteiger partial charge in [-0.2, -0.15) is 4.40 Å². The van der Waals surface area contributed by atoms with Gasteiger partial charge < -0.3 is 14.1 Å². The van der Waals surface area contributed by atoms with E-state index in [0.717, 1.165) is 40.5 Å². The quantitative estimate of drug-likeness (QED) is 0.564. The molecule has 2 aliphatic heterocycles. The Morgan fingerprint density at radius 1 is 1.04 bits per heavy atom. The van der Waals surface area contributed by atoms with Crippen molar-refractivity contribution in [3.05, 3.63) is 61.1 Å². The SMILES string of the molecule is c1cc(Oc2ccc3c(c2)SN=C2CCCN23)cc(-c2ccoc2)c1. The highest BCUT2D eigenvalue weighted by atomic mass is 32.2. The molecule has 1 saturated heterocycles. The summed E-state index contributed by atoms with van der Waals surface area (Å²) in [7, 11) is 0. The molecule has 0 amide bonds. The Kier molecular flexibility index (Phi) is 3.52. The van der Waals surface area contributed by atoms with E-state index >= 15 is 0 Å². The predicted molar refractivity (Wildman–Crippen MR) is 101 cm³/mol. The molecule has 1 fully saturated rings. The molecule has 1 aromatic heterocycles. The molecule has 0 unspecified atom stereocenters. The number of amidine groups is 1. The molecule has 2 aliphatic rings. The monoisotopic (exact) mass is 348 g/mol. The third kappa shape index (κ3) is 2.70. The van der Waals surface area contributed by atoms with Gasteiger partial charge in [0.25, 0.3) is 0 Å². The van der Waals surface area contributed by atoms with Crippen molar-refractivity contribution in [1.29, 1.82) is 0 Å². The van der Waals surface area contributed by atoms with E-state index in [0.29, 0.717) is 0 Å². The first kappa shape index (κ1) is 14.7. The summed E-state index contributed by atoms with van der Waals surface area (Å²) in [5.74, 6) is 2.83. The van der Waals surface area contributed by atoms with E-state index in [1.54, 1.807) is 24.5 Å². The highest BCUT2D eigenvalue weighted by molar-refractivity contribution is 7.98. The molecular weight excluding hydrogens is 332 g/mol. The van der Waals surface area contributed by atoms with Gasteiger partial charge >= 0.3 is 0 Å². The Bertz CT molecular complexity index is 950. The van der Waals surface area contributed by atoms with Gasteiger partial charge in [-0.1, -0.05) is 12.1 Å². The maximum absolute atomic E-state index is 6.08. The average molecular weight is 348 g/mol. The van der Waals surface area contributed by atoms with Crippen LogP contribution in [0.1, 0.15) is 12.8 Å². The van der Waals surface area contributed by atoms with E-state index in [-0.39, 0.29) is 0 Å². The van der Waals surface area contributed by atoms with E-state index < -0.39 is 0 Å². The van der Waals surface area contributed by atoms with Crippen LogP contribution in [0.4, 0.5) is 5.69 Å². The van der Waals surface area contributed by atoms with Crippen LogP contribution in [0.3, 0.4) is 0 Å². The second kappa shape index (κ2) is 6.01. The van der Waals surface area contributed by atoms with Crippen molar-refractivity contribution in [2.45, 2.75) is 17.7 Å². The fraction of sp³-hybridized carbons (Fsp3) is 0.150. The molecule has 0 radical (unpaired) electrons. The van der Waals surface area contributed by atoms with Crippen LogP contribution in [-0.4, -0.2) is 12.4 Å². The minimum Gasteiger partial charge on any atom is -0.472 e. The molecule has 0 bridgehead atoms. The molecule has 5 heteroatoms. The highest BCUT2D eigenvalue weighted by Gasteiger charge is 2.26. The van der Waals surface area contributed by atoms with Crippen molar-refractivity contribution in [1.82, 2.24) is 0 Å². The summed E-state index contributed by atoms with van der Waals surface area (Å²) in [6, 6.07) is 16.2. The summed E-state index contributed by atoms with van der Waals surface area (Å²) in [6.07, 6.45) is 5.67. The molecule has 25 heavy (non-hydrogen) atoms. The number of rotatable bonds is 3. The second-order valence-corrected chi connectivity index (χ2v) is 6.93. The van der Waals surface area contributed by atoms with Gasteiger partial charge in [-0.25, -0.2) is 0 Å². The van der Waals surface area contributed by atoms with Gasteiger partial charge in [0.1, 0.15) is 17.3 Å². The molecular formula is C20H16N2O2S. The van der Waals surface area contributed by atoms with Gasteiger partial charge in [-0.3, -0.25) is 0 Å². The van der Waals surface area contributed by atoms with Gasteiger partial charge in [-0.15, -0.1) is 0 Å². The van der Waals surface area contributed by atoms with Crippen molar-refractivity contribution >= 4 is 23.5 Å². The molecule has 5 rings (SSSR count). The normalized spacial score (nSPS) is 15.5. The van der Waals surface area contributed by atoms with Crippen LogP contribution in [0.25, 0.3) is 11.1 Å². The van der Waals surface area contributed by atoms with Crippen LogP contribution in [0.5, 0.6) is 11.5 Å². The van der Waals surface area contributed by atoms with Crippen molar-refractivity contribution in [3.63, 3.8) is 0 Å². The number of furan rings is 1. The third-order valence-electron chi connectivity index (χ3n) is 4.49. The van der Waals surface area contributed by atoms with Crippen molar-refractivity contribution in [2.75, 3.05) is 11.4 Å². The van der Waals surface area contributed by atoms with E-state index in [1.165, 1.54) is 17.9 Å². The fourth-order valence-corrected chi connectivity index (χ4v) is 4.11. The van der Waals surface area contributed by atoms with Gasteiger partial charge in [-0.05, 0) is 48.4 Å². The van der Waals surface area contributed by atoms with Gasteiger partial charge in [0.05, 0.1) is 23.1 Å². The molecule has 4 nitrogen and oxygen atoms in total. The maximum Gasteiger partial charge on any atom is 0.128 e. The largest absolute Gasteiger partial charge is 0.472 e. The van der Waals surface area contributed by atoms with Crippen molar-refractivity contribution in [3.8, 4) is 22.6 Å². The smallest absolute Gasteiger partial charge is 0.128 e. The number of benzene rings is 2. The van der Waals surface area contributed by atoms with Crippen LogP contribution >= 0.6 is 11.9 Å². The van der Waals surface area contributed by atoms with Crippen molar-refractivity contribution in [2.24, 2.45) is 4.40 Å². The van der Waals surface area contributed by atoms with Crippen LogP contribution in [-0.2, 0) is 0 Å². The molecule has 0 N–H and O–H groups in total. The standard InChI is InChI=1S/C20H16N2O2S/c1-3-14(15-8-10-23-13-15)11-16(4-1)24-17-6-7-18-19(12-17)25-21-20-5-2-9-22(18)20/h1,3-4,6-8,10-13H,2,5,9H2. The molecule has 0 atom stereocenters. The van der Waals surface area contributed by atoms with Gasteiger partial charge in [0.2, 0.25) is 0 Å². The van der Waals surface area contributed by atoms with E-state index in [2.05, 4.69) is 21.4 Å². The van der Waals surface area contributed by atoms with Crippen LogP contribution in [0.15, 0.2) is 74.8 Å². The first-order valence-corrected chi connectivity index (χ1v) is 9.10. The average Bonchev–Trinajstić information content (AvgIpc) is 3.33. The molecule has 2 aromatic carbocycles. The van der Waals surface area contributed by atoms with E-state index in [9.17, 15) is 0 Å². The van der Waals surface area contributed by atoms with Crippen LogP contribution in [0, 0.1) is 0 Å². The lowest BCUT2D eigenvalue weighted by Gasteiger charge is -2.25. The Labute approximate surface area is 150 Å². The lowest BCUT2D eigenvalue weighted by molar-refractivity contribution is 0.481. The number of anilines is 1. The van der Waals surface area contributed by atoms with Crippen molar-refractivity contribution < 1.29 is 9.15 Å². The summed E-state index contributed by atoms with van der Waals surface area (Å²) < 4.78 is 15.9. The highest BCUT2D eigenvalue weighted by Crippen LogP contribution is 2.41. The molecule has 3 aromatic rings. The zero-order chi connectivity index (χ0) is 16.6.